The van der Waals surface area contributed by atoms with Crippen molar-refractivity contribution in [2.45, 2.75) is 6.54 Å². The summed E-state index contributed by atoms with van der Waals surface area (Å²) in [6, 6.07) is 6.93. The van der Waals surface area contributed by atoms with Crippen molar-refractivity contribution in [3.63, 3.8) is 0 Å². The van der Waals surface area contributed by atoms with Gasteiger partial charge in [-0.1, -0.05) is 0 Å². The molecule has 2 nitrogen and oxygen atoms in total. The van der Waals surface area contributed by atoms with Gasteiger partial charge in [0.25, 0.3) is 0 Å². The van der Waals surface area contributed by atoms with Gasteiger partial charge in [0.1, 0.15) is 11.6 Å². The van der Waals surface area contributed by atoms with Gasteiger partial charge in [0.2, 0.25) is 0 Å². The van der Waals surface area contributed by atoms with E-state index in [2.05, 4.69) is 5.32 Å². The molecular weight excluding hydrogens is 237 g/mol. The largest absolute Gasteiger partial charge is 0.497 e. The molecule has 0 bridgehead atoms. The maximum atomic E-state index is 13.8. The summed E-state index contributed by atoms with van der Waals surface area (Å²) in [6.45, 7) is 0.808. The Morgan fingerprint density at radius 1 is 1.35 bits per heavy atom. The first kappa shape index (κ1) is 12.1. The molecule has 1 aromatic carbocycles. The molecule has 0 aliphatic rings. The molecule has 4 heteroatoms. The van der Waals surface area contributed by atoms with Crippen molar-refractivity contribution in [1.82, 2.24) is 5.32 Å². The van der Waals surface area contributed by atoms with Crippen molar-refractivity contribution in [2.24, 2.45) is 0 Å². The van der Waals surface area contributed by atoms with Crippen molar-refractivity contribution >= 4 is 11.3 Å². The minimum absolute atomic E-state index is 0.252. The number of thiophene rings is 1. The Morgan fingerprint density at radius 3 is 2.82 bits per heavy atom. The van der Waals surface area contributed by atoms with Gasteiger partial charge in [-0.15, -0.1) is 11.3 Å². The Balaban J connectivity index is 2.32. The Morgan fingerprint density at radius 2 is 2.18 bits per heavy atom. The maximum Gasteiger partial charge on any atom is 0.134 e. The van der Waals surface area contributed by atoms with Crippen LogP contribution in [-0.2, 0) is 6.54 Å². The van der Waals surface area contributed by atoms with Crippen molar-refractivity contribution in [1.29, 1.82) is 0 Å². The van der Waals surface area contributed by atoms with E-state index in [0.29, 0.717) is 11.3 Å². The van der Waals surface area contributed by atoms with Crippen LogP contribution in [0.3, 0.4) is 0 Å². The Bertz CT molecular complexity index is 510. The summed E-state index contributed by atoms with van der Waals surface area (Å²) in [4.78, 5) is 1.19. The van der Waals surface area contributed by atoms with E-state index in [9.17, 15) is 4.39 Å². The molecule has 0 radical (unpaired) electrons. The van der Waals surface area contributed by atoms with Gasteiger partial charge in [0, 0.05) is 23.1 Å². The Kier molecular flexibility index (Phi) is 3.76. The lowest BCUT2D eigenvalue weighted by Crippen LogP contribution is -2.02. The summed E-state index contributed by atoms with van der Waals surface area (Å²) < 4.78 is 18.8. The SMILES string of the molecule is CNCc1cc(-c2ccc(OC)cc2F)cs1. The van der Waals surface area contributed by atoms with Gasteiger partial charge >= 0.3 is 0 Å². The fourth-order valence-corrected chi connectivity index (χ4v) is 2.54. The Labute approximate surface area is 104 Å². The molecule has 0 aliphatic carbocycles. The predicted octanol–water partition coefficient (Wildman–Crippen LogP) is 3.28. The number of halogens is 1. The molecule has 17 heavy (non-hydrogen) atoms. The van der Waals surface area contributed by atoms with Crippen LogP contribution in [0.25, 0.3) is 11.1 Å². The molecule has 0 saturated carbocycles. The van der Waals surface area contributed by atoms with E-state index in [1.807, 2.05) is 18.5 Å². The van der Waals surface area contributed by atoms with Gasteiger partial charge in [-0.3, -0.25) is 0 Å². The molecule has 2 rings (SSSR count). The highest BCUT2D eigenvalue weighted by Crippen LogP contribution is 2.29. The topological polar surface area (TPSA) is 21.3 Å². The predicted molar refractivity (Wildman–Crippen MR) is 69.0 cm³/mol. The smallest absolute Gasteiger partial charge is 0.134 e. The van der Waals surface area contributed by atoms with Gasteiger partial charge in [-0.2, -0.15) is 0 Å². The van der Waals surface area contributed by atoms with Crippen LogP contribution >= 0.6 is 11.3 Å². The van der Waals surface area contributed by atoms with Crippen LogP contribution < -0.4 is 10.1 Å². The van der Waals surface area contributed by atoms with Crippen molar-refractivity contribution in [3.8, 4) is 16.9 Å². The number of rotatable bonds is 4. The highest BCUT2D eigenvalue weighted by Gasteiger charge is 2.08. The second-order valence-electron chi connectivity index (χ2n) is 3.68. The lowest BCUT2D eigenvalue weighted by Gasteiger charge is -2.03. The van der Waals surface area contributed by atoms with Crippen LogP contribution in [0.5, 0.6) is 5.75 Å². The average molecular weight is 251 g/mol. The average Bonchev–Trinajstić information content (AvgIpc) is 2.78. The number of methoxy groups -OCH3 is 1. The molecule has 1 N–H and O–H groups in total. The zero-order valence-corrected chi connectivity index (χ0v) is 10.6. The third-order valence-electron chi connectivity index (χ3n) is 2.49. The second kappa shape index (κ2) is 5.29. The third-order valence-corrected chi connectivity index (χ3v) is 3.43. The van der Waals surface area contributed by atoms with Crippen molar-refractivity contribution in [3.05, 3.63) is 40.3 Å². The second-order valence-corrected chi connectivity index (χ2v) is 4.67. The minimum Gasteiger partial charge on any atom is -0.497 e. The van der Waals surface area contributed by atoms with Gasteiger partial charge in [-0.05, 0) is 36.2 Å². The van der Waals surface area contributed by atoms with E-state index < -0.39 is 0 Å². The maximum absolute atomic E-state index is 13.8. The fraction of sp³-hybridized carbons (Fsp3) is 0.231. The molecule has 0 aliphatic heterocycles. The van der Waals surface area contributed by atoms with E-state index in [1.54, 1.807) is 23.5 Å². The number of benzene rings is 1. The van der Waals surface area contributed by atoms with Crippen LogP contribution in [0.1, 0.15) is 4.88 Å². The van der Waals surface area contributed by atoms with Crippen molar-refractivity contribution < 1.29 is 9.13 Å². The van der Waals surface area contributed by atoms with E-state index in [0.717, 1.165) is 12.1 Å². The zero-order valence-electron chi connectivity index (χ0n) is 9.79. The number of hydrogen-bond donors (Lipinski definition) is 1. The van der Waals surface area contributed by atoms with Crippen LogP contribution in [-0.4, -0.2) is 14.2 Å². The summed E-state index contributed by atoms with van der Waals surface area (Å²) in [5.41, 5.74) is 1.53. The lowest BCUT2D eigenvalue weighted by molar-refractivity contribution is 0.411. The fourth-order valence-electron chi connectivity index (χ4n) is 1.65. The molecule has 0 unspecified atom stereocenters. The van der Waals surface area contributed by atoms with E-state index in [1.165, 1.54) is 18.1 Å². The van der Waals surface area contributed by atoms with E-state index in [-0.39, 0.29) is 5.82 Å². The first-order chi connectivity index (χ1) is 8.24. The summed E-state index contributed by atoms with van der Waals surface area (Å²) >= 11 is 1.63. The summed E-state index contributed by atoms with van der Waals surface area (Å²) in [5.74, 6) is 0.287. The van der Waals surface area contributed by atoms with Gasteiger partial charge in [0.15, 0.2) is 0 Å². The molecule has 0 spiro atoms. The van der Waals surface area contributed by atoms with Gasteiger partial charge < -0.3 is 10.1 Å². The van der Waals surface area contributed by atoms with Crippen LogP contribution in [0, 0.1) is 5.82 Å². The van der Waals surface area contributed by atoms with E-state index >= 15 is 0 Å². The normalized spacial score (nSPS) is 10.5. The van der Waals surface area contributed by atoms with Crippen LogP contribution in [0.15, 0.2) is 29.6 Å². The number of ether oxygens (including phenoxy) is 1. The first-order valence-corrected chi connectivity index (χ1v) is 6.18. The minimum atomic E-state index is -0.252. The molecular formula is C13H14FNOS. The number of hydrogen-bond acceptors (Lipinski definition) is 3. The highest BCUT2D eigenvalue weighted by atomic mass is 32.1. The molecule has 1 aromatic heterocycles. The highest BCUT2D eigenvalue weighted by molar-refractivity contribution is 7.10. The van der Waals surface area contributed by atoms with Crippen molar-refractivity contribution in [2.75, 3.05) is 14.2 Å². The molecule has 2 aromatic rings. The zero-order chi connectivity index (χ0) is 12.3. The quantitative estimate of drug-likeness (QED) is 0.900. The first-order valence-electron chi connectivity index (χ1n) is 5.30. The summed E-state index contributed by atoms with van der Waals surface area (Å²) in [6.07, 6.45) is 0. The molecule has 0 amide bonds. The van der Waals surface area contributed by atoms with Crippen LogP contribution in [0.4, 0.5) is 4.39 Å². The molecule has 0 saturated heterocycles. The Hall–Kier alpha value is -1.39. The molecule has 0 atom stereocenters. The molecule has 0 fully saturated rings. The lowest BCUT2D eigenvalue weighted by atomic mass is 10.1. The summed E-state index contributed by atoms with van der Waals surface area (Å²) in [5, 5.41) is 5.05. The van der Waals surface area contributed by atoms with E-state index in [4.69, 9.17) is 4.74 Å². The van der Waals surface area contributed by atoms with Gasteiger partial charge in [0.05, 0.1) is 7.11 Å². The van der Waals surface area contributed by atoms with Gasteiger partial charge in [-0.25, -0.2) is 4.39 Å². The number of nitrogens with one attached hydrogen (secondary N) is 1. The van der Waals surface area contributed by atoms with Crippen LogP contribution in [0.2, 0.25) is 0 Å². The third kappa shape index (κ3) is 2.65. The standard InChI is InChI=1S/C13H14FNOS/c1-15-7-11-5-9(8-17-11)12-4-3-10(16-2)6-13(12)14/h3-6,8,15H,7H2,1-2H3. The summed E-state index contributed by atoms with van der Waals surface area (Å²) in [7, 11) is 3.43. The monoisotopic (exact) mass is 251 g/mol. The molecule has 90 valence electrons. The molecule has 1 heterocycles.